The summed E-state index contributed by atoms with van der Waals surface area (Å²) in [6, 6.07) is 12.2. The Hall–Kier alpha value is -2.45. The SMILES string of the molecule is O=C(Nc1cnc(N2CCN(c3ccccc3)CC2)nc1)c1cc(Br)cs1. The number of para-hydroxylation sites is 1. The minimum atomic E-state index is -0.154. The van der Waals surface area contributed by atoms with Crippen molar-refractivity contribution in [3.05, 3.63) is 63.5 Å². The van der Waals surface area contributed by atoms with Crippen LogP contribution in [-0.4, -0.2) is 42.1 Å². The van der Waals surface area contributed by atoms with Gasteiger partial charge in [0.05, 0.1) is 23.0 Å². The molecule has 3 aromatic rings. The van der Waals surface area contributed by atoms with Gasteiger partial charge in [-0.05, 0) is 34.1 Å². The summed E-state index contributed by atoms with van der Waals surface area (Å²) in [5.74, 6) is 0.540. The predicted molar refractivity (Wildman–Crippen MR) is 113 cm³/mol. The van der Waals surface area contributed by atoms with E-state index in [0.717, 1.165) is 30.7 Å². The standard InChI is InChI=1S/C19H18BrN5OS/c20-14-10-17(27-13-14)18(26)23-15-11-21-19(22-12-15)25-8-6-24(7-9-25)16-4-2-1-3-5-16/h1-5,10-13H,6-9H2,(H,23,26). The Labute approximate surface area is 170 Å². The minimum absolute atomic E-state index is 0.154. The lowest BCUT2D eigenvalue weighted by Gasteiger charge is -2.36. The maximum atomic E-state index is 12.2. The van der Waals surface area contributed by atoms with Gasteiger partial charge in [-0.1, -0.05) is 18.2 Å². The molecule has 1 saturated heterocycles. The number of benzene rings is 1. The molecule has 2 aromatic heterocycles. The van der Waals surface area contributed by atoms with Crippen LogP contribution < -0.4 is 15.1 Å². The van der Waals surface area contributed by atoms with Gasteiger partial charge in [-0.3, -0.25) is 4.79 Å². The number of hydrogen-bond acceptors (Lipinski definition) is 6. The molecule has 4 rings (SSSR count). The van der Waals surface area contributed by atoms with Gasteiger partial charge in [-0.2, -0.15) is 0 Å². The first kappa shape index (κ1) is 17.9. The van der Waals surface area contributed by atoms with Crippen LogP contribution in [0.15, 0.2) is 58.6 Å². The smallest absolute Gasteiger partial charge is 0.265 e. The highest BCUT2D eigenvalue weighted by Gasteiger charge is 2.19. The van der Waals surface area contributed by atoms with Crippen LogP contribution in [0.3, 0.4) is 0 Å². The summed E-state index contributed by atoms with van der Waals surface area (Å²) >= 11 is 4.74. The quantitative estimate of drug-likeness (QED) is 0.662. The van der Waals surface area contributed by atoms with Crippen LogP contribution in [0.5, 0.6) is 0 Å². The summed E-state index contributed by atoms with van der Waals surface area (Å²) in [4.78, 5) is 26.2. The topological polar surface area (TPSA) is 61.4 Å². The van der Waals surface area contributed by atoms with E-state index >= 15 is 0 Å². The number of amides is 1. The van der Waals surface area contributed by atoms with E-state index in [1.807, 2.05) is 11.4 Å². The maximum absolute atomic E-state index is 12.2. The number of thiophene rings is 1. The zero-order chi connectivity index (χ0) is 18.6. The van der Waals surface area contributed by atoms with Crippen molar-refractivity contribution < 1.29 is 4.79 Å². The Balaban J connectivity index is 1.35. The van der Waals surface area contributed by atoms with E-state index in [4.69, 9.17) is 0 Å². The van der Waals surface area contributed by atoms with Crippen LogP contribution >= 0.6 is 27.3 Å². The van der Waals surface area contributed by atoms with E-state index < -0.39 is 0 Å². The lowest BCUT2D eigenvalue weighted by Crippen LogP contribution is -2.47. The van der Waals surface area contributed by atoms with Gasteiger partial charge >= 0.3 is 0 Å². The Morgan fingerprint density at radius 3 is 2.33 bits per heavy atom. The summed E-state index contributed by atoms with van der Waals surface area (Å²) in [5.41, 5.74) is 1.84. The van der Waals surface area contributed by atoms with Crippen molar-refractivity contribution in [2.75, 3.05) is 41.3 Å². The molecule has 3 heterocycles. The number of halogens is 1. The fourth-order valence-corrected chi connectivity index (χ4v) is 4.30. The molecule has 0 atom stereocenters. The van der Waals surface area contributed by atoms with Crippen molar-refractivity contribution in [3.8, 4) is 0 Å². The molecule has 1 fully saturated rings. The minimum Gasteiger partial charge on any atom is -0.368 e. The Morgan fingerprint density at radius 2 is 1.70 bits per heavy atom. The number of carbonyl (C=O) groups excluding carboxylic acids is 1. The van der Waals surface area contributed by atoms with E-state index in [1.54, 1.807) is 18.5 Å². The van der Waals surface area contributed by atoms with Crippen LogP contribution in [0.25, 0.3) is 0 Å². The number of nitrogens with zero attached hydrogens (tertiary/aromatic N) is 4. The van der Waals surface area contributed by atoms with Gasteiger partial charge in [0.1, 0.15) is 0 Å². The first-order valence-corrected chi connectivity index (χ1v) is 10.3. The van der Waals surface area contributed by atoms with E-state index in [-0.39, 0.29) is 5.91 Å². The molecule has 0 radical (unpaired) electrons. The molecule has 1 N–H and O–H groups in total. The molecule has 1 amide bonds. The van der Waals surface area contributed by atoms with Gasteiger partial charge in [0.25, 0.3) is 5.91 Å². The van der Waals surface area contributed by atoms with Crippen molar-refractivity contribution >= 4 is 50.5 Å². The van der Waals surface area contributed by atoms with Gasteiger partial charge in [-0.25, -0.2) is 9.97 Å². The summed E-state index contributed by atoms with van der Waals surface area (Å²) in [7, 11) is 0. The molecule has 0 aliphatic carbocycles. The molecule has 0 bridgehead atoms. The van der Waals surface area contributed by atoms with Crippen LogP contribution in [0.1, 0.15) is 9.67 Å². The summed E-state index contributed by atoms with van der Waals surface area (Å²) < 4.78 is 0.902. The third-order valence-electron chi connectivity index (χ3n) is 4.37. The Bertz CT molecular complexity index is 907. The van der Waals surface area contributed by atoms with E-state index in [0.29, 0.717) is 16.5 Å². The molecular weight excluding hydrogens is 426 g/mol. The molecule has 8 heteroatoms. The van der Waals surface area contributed by atoms with Gasteiger partial charge in [0.15, 0.2) is 0 Å². The number of piperazine rings is 1. The normalized spacial score (nSPS) is 14.3. The molecule has 1 aliphatic heterocycles. The third-order valence-corrected chi connectivity index (χ3v) is 6.06. The second-order valence-corrected chi connectivity index (χ2v) is 7.99. The van der Waals surface area contributed by atoms with Crippen molar-refractivity contribution in [2.24, 2.45) is 0 Å². The van der Waals surface area contributed by atoms with Crippen LogP contribution in [-0.2, 0) is 0 Å². The average molecular weight is 444 g/mol. The lowest BCUT2D eigenvalue weighted by atomic mass is 10.2. The number of hydrogen-bond donors (Lipinski definition) is 1. The first-order valence-electron chi connectivity index (χ1n) is 8.61. The molecule has 1 aromatic carbocycles. The summed E-state index contributed by atoms with van der Waals surface area (Å²) in [6.07, 6.45) is 3.32. The van der Waals surface area contributed by atoms with Crippen LogP contribution in [0.4, 0.5) is 17.3 Å². The number of carbonyl (C=O) groups is 1. The monoisotopic (exact) mass is 443 g/mol. The van der Waals surface area contributed by atoms with E-state index in [9.17, 15) is 4.79 Å². The average Bonchev–Trinajstić information content (AvgIpc) is 3.16. The second-order valence-electron chi connectivity index (χ2n) is 6.16. The maximum Gasteiger partial charge on any atom is 0.265 e. The molecule has 1 aliphatic rings. The van der Waals surface area contributed by atoms with Crippen LogP contribution in [0, 0.1) is 0 Å². The molecule has 138 valence electrons. The fraction of sp³-hybridized carbons (Fsp3) is 0.211. The molecule has 0 unspecified atom stereocenters. The zero-order valence-electron chi connectivity index (χ0n) is 14.5. The molecule has 0 saturated carbocycles. The van der Waals surface area contributed by atoms with Gasteiger partial charge in [0.2, 0.25) is 5.95 Å². The fourth-order valence-electron chi connectivity index (χ4n) is 2.98. The third kappa shape index (κ3) is 4.28. The summed E-state index contributed by atoms with van der Waals surface area (Å²) in [6.45, 7) is 3.59. The van der Waals surface area contributed by atoms with Crippen molar-refractivity contribution in [1.82, 2.24) is 9.97 Å². The van der Waals surface area contributed by atoms with E-state index in [2.05, 4.69) is 65.3 Å². The number of rotatable bonds is 4. The van der Waals surface area contributed by atoms with Crippen LogP contribution in [0.2, 0.25) is 0 Å². The highest BCUT2D eigenvalue weighted by atomic mass is 79.9. The number of anilines is 3. The lowest BCUT2D eigenvalue weighted by molar-refractivity contribution is 0.103. The molecule has 27 heavy (non-hydrogen) atoms. The number of aromatic nitrogens is 2. The van der Waals surface area contributed by atoms with Gasteiger partial charge in [-0.15, -0.1) is 11.3 Å². The Morgan fingerprint density at radius 1 is 1.04 bits per heavy atom. The molecular formula is C19H18BrN5OS. The largest absolute Gasteiger partial charge is 0.368 e. The highest BCUT2D eigenvalue weighted by molar-refractivity contribution is 9.10. The van der Waals surface area contributed by atoms with Crippen molar-refractivity contribution in [2.45, 2.75) is 0 Å². The molecule has 0 spiro atoms. The van der Waals surface area contributed by atoms with Crippen molar-refractivity contribution in [1.29, 1.82) is 0 Å². The Kier molecular flexibility index (Phi) is 5.35. The van der Waals surface area contributed by atoms with E-state index in [1.165, 1.54) is 17.0 Å². The molecule has 6 nitrogen and oxygen atoms in total. The first-order chi connectivity index (χ1) is 13.2. The van der Waals surface area contributed by atoms with Gasteiger partial charge in [0, 0.05) is 41.7 Å². The summed E-state index contributed by atoms with van der Waals surface area (Å²) in [5, 5.41) is 4.71. The van der Waals surface area contributed by atoms with Crippen molar-refractivity contribution in [3.63, 3.8) is 0 Å². The predicted octanol–water partition coefficient (Wildman–Crippen LogP) is 3.88. The highest BCUT2D eigenvalue weighted by Crippen LogP contribution is 2.21. The zero-order valence-corrected chi connectivity index (χ0v) is 16.9. The van der Waals surface area contributed by atoms with Gasteiger partial charge < -0.3 is 15.1 Å². The second kappa shape index (κ2) is 8.06. The number of nitrogens with one attached hydrogen (secondary N) is 1.